The van der Waals surface area contributed by atoms with E-state index < -0.39 is 15.1 Å². The Labute approximate surface area is 150 Å². The monoisotopic (exact) mass is 364 g/mol. The van der Waals surface area contributed by atoms with E-state index in [1.807, 2.05) is 24.3 Å². The maximum absolute atomic E-state index is 12.9. The van der Waals surface area contributed by atoms with Gasteiger partial charge >= 0.3 is 6.03 Å². The number of hydrogen-bond acceptors (Lipinski definition) is 3. The molecule has 3 rings (SSSR count). The van der Waals surface area contributed by atoms with Gasteiger partial charge in [-0.15, -0.1) is 0 Å². The van der Waals surface area contributed by atoms with E-state index in [2.05, 4.69) is 26.1 Å². The second kappa shape index (κ2) is 6.63. The number of nitrogens with zero attached hydrogens (tertiary/aromatic N) is 1. The van der Waals surface area contributed by atoms with Crippen molar-refractivity contribution in [2.45, 2.75) is 63.2 Å². The zero-order valence-electron chi connectivity index (χ0n) is 15.3. The minimum Gasteiger partial charge on any atom is -0.319 e. The average Bonchev–Trinajstić information content (AvgIpc) is 2.54. The molecule has 2 aliphatic rings. The number of carbonyl (C=O) groups is 1. The molecular weight excluding hydrogens is 336 g/mol. The first-order valence-corrected chi connectivity index (χ1v) is 10.8. The molecule has 1 aromatic rings. The first-order chi connectivity index (χ1) is 11.7. The Kier molecular flexibility index (Phi) is 4.84. The van der Waals surface area contributed by atoms with E-state index in [0.29, 0.717) is 6.42 Å². The Morgan fingerprint density at radius 1 is 1.16 bits per heavy atom. The first kappa shape index (κ1) is 18.2. The molecule has 0 unspecified atom stereocenters. The molecule has 0 aromatic heterocycles. The van der Waals surface area contributed by atoms with Crippen molar-refractivity contribution in [3.8, 4) is 0 Å². The molecule has 2 atom stereocenters. The summed E-state index contributed by atoms with van der Waals surface area (Å²) in [5.74, 6) is 0.0719. The van der Waals surface area contributed by atoms with Crippen molar-refractivity contribution in [1.29, 1.82) is 0 Å². The molecule has 1 aliphatic heterocycles. The number of anilines is 1. The third-order valence-electron chi connectivity index (χ3n) is 5.38. The van der Waals surface area contributed by atoms with Crippen LogP contribution in [0.1, 0.15) is 52.0 Å². The van der Waals surface area contributed by atoms with Gasteiger partial charge in [0.1, 0.15) is 0 Å². The van der Waals surface area contributed by atoms with Crippen molar-refractivity contribution >= 4 is 21.6 Å². The highest BCUT2D eigenvalue weighted by molar-refractivity contribution is 7.92. The number of amides is 2. The summed E-state index contributed by atoms with van der Waals surface area (Å²) in [7, 11) is -3.08. The highest BCUT2D eigenvalue weighted by Crippen LogP contribution is 2.33. The number of nitrogens with one attached hydrogen (secondary N) is 1. The van der Waals surface area contributed by atoms with Crippen LogP contribution in [0.15, 0.2) is 24.3 Å². The van der Waals surface area contributed by atoms with E-state index in [9.17, 15) is 13.2 Å². The van der Waals surface area contributed by atoms with Gasteiger partial charge in [-0.3, -0.25) is 0 Å². The second-order valence-electron chi connectivity index (χ2n) is 8.18. The van der Waals surface area contributed by atoms with Crippen LogP contribution in [0.25, 0.3) is 0 Å². The SMILES string of the molecule is CC(C)(C)c1ccccc1NC(=O)N1CCS(=O)(=O)[C@H]2CCCC[C@@H]21. The van der Waals surface area contributed by atoms with Crippen LogP contribution in [0, 0.1) is 0 Å². The molecule has 1 aromatic carbocycles. The lowest BCUT2D eigenvalue weighted by Gasteiger charge is -2.43. The van der Waals surface area contributed by atoms with Crippen molar-refractivity contribution in [3.63, 3.8) is 0 Å². The highest BCUT2D eigenvalue weighted by Gasteiger charge is 2.44. The maximum atomic E-state index is 12.9. The topological polar surface area (TPSA) is 66.5 Å². The molecule has 2 fully saturated rings. The molecule has 1 heterocycles. The predicted octanol–water partition coefficient (Wildman–Crippen LogP) is 3.56. The first-order valence-electron chi connectivity index (χ1n) is 9.09. The zero-order valence-corrected chi connectivity index (χ0v) is 16.1. The predicted molar refractivity (Wildman–Crippen MR) is 101 cm³/mol. The summed E-state index contributed by atoms with van der Waals surface area (Å²) in [5.41, 5.74) is 1.80. The van der Waals surface area contributed by atoms with Crippen molar-refractivity contribution in [2.24, 2.45) is 0 Å². The average molecular weight is 365 g/mol. The summed E-state index contributed by atoms with van der Waals surface area (Å²) < 4.78 is 24.7. The Morgan fingerprint density at radius 2 is 1.84 bits per heavy atom. The summed E-state index contributed by atoms with van der Waals surface area (Å²) in [4.78, 5) is 14.7. The third kappa shape index (κ3) is 3.68. The summed E-state index contributed by atoms with van der Waals surface area (Å²) in [6.07, 6.45) is 3.37. The van der Waals surface area contributed by atoms with E-state index in [1.165, 1.54) is 0 Å². The summed E-state index contributed by atoms with van der Waals surface area (Å²) in [6, 6.07) is 7.46. The van der Waals surface area contributed by atoms with Crippen LogP contribution in [0.4, 0.5) is 10.5 Å². The van der Waals surface area contributed by atoms with Crippen molar-refractivity contribution in [2.75, 3.05) is 17.6 Å². The van der Waals surface area contributed by atoms with E-state index in [0.717, 1.165) is 30.5 Å². The Balaban J connectivity index is 1.83. The van der Waals surface area contributed by atoms with Crippen LogP contribution in [0.2, 0.25) is 0 Å². The molecule has 1 saturated carbocycles. The fraction of sp³-hybridized carbons (Fsp3) is 0.632. The smallest absolute Gasteiger partial charge is 0.319 e. The van der Waals surface area contributed by atoms with Crippen LogP contribution < -0.4 is 5.32 Å². The fourth-order valence-electron chi connectivity index (χ4n) is 4.08. The minimum atomic E-state index is -3.08. The molecule has 138 valence electrons. The quantitative estimate of drug-likeness (QED) is 0.828. The number of rotatable bonds is 1. The molecule has 6 heteroatoms. The minimum absolute atomic E-state index is 0.0719. The van der Waals surface area contributed by atoms with Gasteiger partial charge < -0.3 is 10.2 Å². The Hall–Kier alpha value is -1.56. The van der Waals surface area contributed by atoms with Gasteiger partial charge in [0.2, 0.25) is 0 Å². The third-order valence-corrected chi connectivity index (χ3v) is 7.61. The number of fused-ring (bicyclic) bond motifs is 1. The number of para-hydroxylation sites is 1. The fourth-order valence-corrected chi connectivity index (χ4v) is 6.12. The lowest BCUT2D eigenvalue weighted by Crippen LogP contribution is -2.58. The Bertz CT molecular complexity index is 752. The number of sulfone groups is 1. The standard InChI is InChI=1S/C19H28N2O3S/c1-19(2,3)14-8-4-5-9-15(14)20-18(22)21-12-13-25(23,24)17-11-7-6-10-16(17)21/h4-5,8-9,16-17H,6-7,10-13H2,1-3H3,(H,20,22)/t16-,17-/m0/s1. The molecular formula is C19H28N2O3S. The van der Waals surface area contributed by atoms with E-state index in [-0.39, 0.29) is 29.8 Å². The van der Waals surface area contributed by atoms with Gasteiger partial charge in [-0.2, -0.15) is 0 Å². The summed E-state index contributed by atoms with van der Waals surface area (Å²) in [6.45, 7) is 6.63. The van der Waals surface area contributed by atoms with Crippen LogP contribution >= 0.6 is 0 Å². The van der Waals surface area contributed by atoms with Crippen molar-refractivity contribution in [1.82, 2.24) is 4.90 Å². The number of carbonyl (C=O) groups excluding carboxylic acids is 1. The molecule has 0 spiro atoms. The lowest BCUT2D eigenvalue weighted by molar-refractivity contribution is 0.167. The van der Waals surface area contributed by atoms with Gasteiger partial charge in [-0.1, -0.05) is 51.8 Å². The van der Waals surface area contributed by atoms with Crippen LogP contribution in [0.3, 0.4) is 0 Å². The van der Waals surface area contributed by atoms with Crippen LogP contribution in [-0.4, -0.2) is 42.9 Å². The molecule has 5 nitrogen and oxygen atoms in total. The lowest BCUT2D eigenvalue weighted by atomic mass is 9.86. The van der Waals surface area contributed by atoms with E-state index in [1.54, 1.807) is 4.90 Å². The van der Waals surface area contributed by atoms with Gasteiger partial charge in [-0.05, 0) is 29.9 Å². The number of benzene rings is 1. The van der Waals surface area contributed by atoms with E-state index >= 15 is 0 Å². The zero-order chi connectivity index (χ0) is 18.2. The van der Waals surface area contributed by atoms with Crippen molar-refractivity contribution < 1.29 is 13.2 Å². The van der Waals surface area contributed by atoms with Gasteiger partial charge in [0, 0.05) is 12.2 Å². The summed E-state index contributed by atoms with van der Waals surface area (Å²) >= 11 is 0. The van der Waals surface area contributed by atoms with Crippen LogP contribution in [-0.2, 0) is 15.3 Å². The molecule has 1 aliphatic carbocycles. The van der Waals surface area contributed by atoms with E-state index in [4.69, 9.17) is 0 Å². The second-order valence-corrected chi connectivity index (χ2v) is 10.5. The molecule has 25 heavy (non-hydrogen) atoms. The maximum Gasteiger partial charge on any atom is 0.322 e. The largest absolute Gasteiger partial charge is 0.322 e. The van der Waals surface area contributed by atoms with Crippen molar-refractivity contribution in [3.05, 3.63) is 29.8 Å². The van der Waals surface area contributed by atoms with Gasteiger partial charge in [-0.25, -0.2) is 13.2 Å². The Morgan fingerprint density at radius 3 is 2.56 bits per heavy atom. The molecule has 1 N–H and O–H groups in total. The molecule has 0 radical (unpaired) electrons. The number of urea groups is 1. The normalized spacial score (nSPS) is 26.0. The van der Waals surface area contributed by atoms with Crippen LogP contribution in [0.5, 0.6) is 0 Å². The molecule has 1 saturated heterocycles. The van der Waals surface area contributed by atoms with Gasteiger partial charge in [0.15, 0.2) is 9.84 Å². The molecule has 2 amide bonds. The summed E-state index contributed by atoms with van der Waals surface area (Å²) in [5, 5.41) is 2.65. The highest BCUT2D eigenvalue weighted by atomic mass is 32.2. The van der Waals surface area contributed by atoms with Gasteiger partial charge in [0.25, 0.3) is 0 Å². The molecule has 0 bridgehead atoms. The number of hydrogen-bond donors (Lipinski definition) is 1. The van der Waals surface area contributed by atoms with Gasteiger partial charge in [0.05, 0.1) is 17.0 Å².